The molecule has 2 amide bonds. The normalized spacial score (nSPS) is 17.1. The van der Waals surface area contributed by atoms with Gasteiger partial charge in [0.2, 0.25) is 0 Å². The number of amides is 2. The van der Waals surface area contributed by atoms with Crippen LogP contribution < -0.4 is 26.2 Å². The van der Waals surface area contributed by atoms with Gasteiger partial charge < -0.3 is 31.1 Å². The Morgan fingerprint density at radius 3 is 1.97 bits per heavy atom. The van der Waals surface area contributed by atoms with Crippen molar-refractivity contribution in [1.82, 2.24) is 44.3 Å². The number of hydrogen-bond donors (Lipinski definition) is 3. The molecule has 61 heavy (non-hydrogen) atoms. The van der Waals surface area contributed by atoms with Crippen molar-refractivity contribution in [2.45, 2.75) is 65.1 Å². The molecule has 2 fully saturated rings. The smallest absolute Gasteiger partial charge is 0.255 e. The van der Waals surface area contributed by atoms with Gasteiger partial charge in [-0.1, -0.05) is 12.1 Å². The van der Waals surface area contributed by atoms with Crippen molar-refractivity contribution < 1.29 is 9.59 Å². The van der Waals surface area contributed by atoms with E-state index in [0.29, 0.717) is 28.5 Å². The highest BCUT2D eigenvalue weighted by molar-refractivity contribution is 6.09. The summed E-state index contributed by atoms with van der Waals surface area (Å²) in [7, 11) is 5.91. The average molecular weight is 819 g/mol. The summed E-state index contributed by atoms with van der Waals surface area (Å²) in [5.74, 6) is -0.268. The van der Waals surface area contributed by atoms with Gasteiger partial charge in [0.15, 0.2) is 11.3 Å². The van der Waals surface area contributed by atoms with E-state index in [0.717, 1.165) is 101 Å². The molecule has 2 aromatic carbocycles. The van der Waals surface area contributed by atoms with Gasteiger partial charge in [0.25, 0.3) is 11.8 Å². The van der Waals surface area contributed by atoms with E-state index < -0.39 is 0 Å². The number of piperidine rings is 1. The minimum Gasteiger partial charge on any atom is -0.369 e. The second-order valence-electron chi connectivity index (χ2n) is 17.1. The highest BCUT2D eigenvalue weighted by Gasteiger charge is 2.28. The van der Waals surface area contributed by atoms with Crippen molar-refractivity contribution in [3.63, 3.8) is 0 Å². The van der Waals surface area contributed by atoms with E-state index in [1.807, 2.05) is 73.1 Å². The van der Waals surface area contributed by atoms with Gasteiger partial charge in [-0.25, -0.2) is 19.9 Å². The largest absolute Gasteiger partial charge is 0.369 e. The molecule has 14 heteroatoms. The Bertz CT molecular complexity index is 3000. The fraction of sp³-hybridized carbons (Fsp3) is 0.362. The van der Waals surface area contributed by atoms with Crippen LogP contribution in [0.5, 0.6) is 0 Å². The van der Waals surface area contributed by atoms with Gasteiger partial charge >= 0.3 is 0 Å². The highest BCUT2D eigenvalue weighted by Crippen LogP contribution is 2.35. The highest BCUT2D eigenvalue weighted by atomic mass is 16.2. The predicted molar refractivity (Wildman–Crippen MR) is 245 cm³/mol. The van der Waals surface area contributed by atoms with Crippen molar-refractivity contribution in [3.8, 4) is 0 Å². The van der Waals surface area contributed by atoms with Gasteiger partial charge in [-0.15, -0.1) is 0 Å². The molecule has 0 radical (unpaired) electrons. The van der Waals surface area contributed by atoms with E-state index >= 15 is 0 Å². The quantitative estimate of drug-likeness (QED) is 0.175. The molecule has 0 saturated carbocycles. The summed E-state index contributed by atoms with van der Waals surface area (Å²) in [4.78, 5) is 52.0. The molecule has 6 aromatic heterocycles. The van der Waals surface area contributed by atoms with Crippen LogP contribution in [-0.2, 0) is 0 Å². The Morgan fingerprint density at radius 2 is 1.34 bits per heavy atom. The monoisotopic (exact) mass is 818 g/mol. The van der Waals surface area contributed by atoms with E-state index in [-0.39, 0.29) is 23.9 Å². The van der Waals surface area contributed by atoms with Gasteiger partial charge in [0.1, 0.15) is 11.3 Å². The summed E-state index contributed by atoms with van der Waals surface area (Å²) >= 11 is 0. The lowest BCUT2D eigenvalue weighted by molar-refractivity contribution is 0.0941. The second kappa shape index (κ2) is 15.9. The predicted octanol–water partition coefficient (Wildman–Crippen LogP) is 6.25. The molecule has 14 nitrogen and oxygen atoms in total. The molecule has 0 spiro atoms. The maximum atomic E-state index is 13.3. The molecule has 314 valence electrons. The summed E-state index contributed by atoms with van der Waals surface area (Å²) in [6.07, 6.45) is 6.92. The Morgan fingerprint density at radius 1 is 0.738 bits per heavy atom. The number of carbonyl (C=O) groups excluding carboxylic acids is 2. The van der Waals surface area contributed by atoms with Gasteiger partial charge in [-0.2, -0.15) is 0 Å². The third kappa shape index (κ3) is 7.12. The van der Waals surface area contributed by atoms with Crippen LogP contribution in [0.15, 0.2) is 73.1 Å². The van der Waals surface area contributed by atoms with Crippen molar-refractivity contribution in [2.24, 2.45) is 5.73 Å². The van der Waals surface area contributed by atoms with Crippen LogP contribution in [0, 0.1) is 13.8 Å². The molecule has 4 N–H and O–H groups in total. The Hall–Kier alpha value is -6.38. The molecule has 0 aliphatic carbocycles. The number of imidazole rings is 2. The standard InChI is InChI=1S/C26H32N6O.C21H22N6O/c1-15(2)28-26(33)20-13-19-22(31-10-8-18(14-31)30(5)6)7-9-27-24(19)32-23-12-17(4)16(3)11-21(23)29-25(20)32;1-23-21(28)15-11-14-17(26-10-4-5-13(22)12-26)8-9-24-19(14)27-18-7-3-2-6-16(18)25-20(15)27/h7,9,11-13,15,18H,8,10,14H2,1-6H3,(H,28,33);2-3,6-9,11,13H,4-5,10,12,22H2,1H3,(H,23,28)/t18-;13-/m01/s1. The van der Waals surface area contributed by atoms with Crippen LogP contribution in [0.3, 0.4) is 0 Å². The van der Waals surface area contributed by atoms with Gasteiger partial charge in [0.05, 0.1) is 33.2 Å². The molecular weight excluding hydrogens is 765 g/mol. The van der Waals surface area contributed by atoms with Gasteiger partial charge in [0, 0.05) is 85.9 Å². The summed E-state index contributed by atoms with van der Waals surface area (Å²) in [5.41, 5.74) is 18.4. The van der Waals surface area contributed by atoms with Crippen LogP contribution in [0.1, 0.15) is 65.0 Å². The zero-order valence-corrected chi connectivity index (χ0v) is 36.0. The number of anilines is 2. The number of hydrogen-bond acceptors (Lipinski definition) is 10. The SMILES string of the molecule is CNC(=O)c1cc2c(N3CCC[C@@H](N)C3)ccnc2n2c1nc1ccccc12.Cc1cc2nc3c(C(=O)NC(C)C)cc4c(N5CC[C@H](N(C)C)C5)ccnc4n3c2cc1C. The Balaban J connectivity index is 0.000000158. The van der Waals surface area contributed by atoms with Crippen LogP contribution >= 0.6 is 0 Å². The molecule has 2 atom stereocenters. The first-order valence-electron chi connectivity index (χ1n) is 21.3. The Kier molecular flexibility index (Phi) is 10.4. The molecule has 0 bridgehead atoms. The van der Waals surface area contributed by atoms with Gasteiger partial charge in [-0.3, -0.25) is 18.4 Å². The Labute approximate surface area is 354 Å². The fourth-order valence-corrected chi connectivity index (χ4v) is 9.08. The first-order chi connectivity index (χ1) is 29.4. The maximum Gasteiger partial charge on any atom is 0.255 e. The molecule has 2 aliphatic heterocycles. The molecule has 8 aromatic rings. The number of aryl methyl sites for hydroxylation is 2. The molecule has 2 saturated heterocycles. The number of carbonyl (C=O) groups is 2. The lowest BCUT2D eigenvalue weighted by Crippen LogP contribution is -2.42. The van der Waals surface area contributed by atoms with Crippen LogP contribution in [-0.4, -0.2) is 111 Å². The fourth-order valence-electron chi connectivity index (χ4n) is 9.08. The van der Waals surface area contributed by atoms with E-state index in [4.69, 9.17) is 20.7 Å². The van der Waals surface area contributed by atoms with Crippen molar-refractivity contribution in [2.75, 3.05) is 57.1 Å². The first-order valence-corrected chi connectivity index (χ1v) is 21.3. The zero-order chi connectivity index (χ0) is 42.7. The van der Waals surface area contributed by atoms with Crippen molar-refractivity contribution in [3.05, 3.63) is 95.3 Å². The number of nitrogens with two attached hydrogens (primary N) is 1. The average Bonchev–Trinajstić information content (AvgIpc) is 3.99. The third-order valence-corrected chi connectivity index (χ3v) is 12.4. The summed E-state index contributed by atoms with van der Waals surface area (Å²) in [6.45, 7) is 11.8. The molecule has 10 rings (SSSR count). The maximum absolute atomic E-state index is 13.3. The summed E-state index contributed by atoms with van der Waals surface area (Å²) < 4.78 is 4.05. The molecule has 2 aliphatic rings. The molecule has 8 heterocycles. The number of rotatable bonds is 6. The number of benzene rings is 2. The van der Waals surface area contributed by atoms with E-state index in [9.17, 15) is 9.59 Å². The van der Waals surface area contributed by atoms with Crippen molar-refractivity contribution in [1.29, 1.82) is 0 Å². The minimum absolute atomic E-state index is 0.0370. The summed E-state index contributed by atoms with van der Waals surface area (Å²) in [6, 6.07) is 20.8. The third-order valence-electron chi connectivity index (χ3n) is 12.4. The van der Waals surface area contributed by atoms with Crippen LogP contribution in [0.25, 0.3) is 55.4 Å². The van der Waals surface area contributed by atoms with E-state index in [1.165, 1.54) is 11.1 Å². The number of aromatic nitrogens is 6. The number of para-hydroxylation sites is 2. The van der Waals surface area contributed by atoms with E-state index in [2.05, 4.69) is 80.9 Å². The number of pyridine rings is 4. The lowest BCUT2D eigenvalue weighted by Gasteiger charge is -2.33. The zero-order valence-electron chi connectivity index (χ0n) is 36.0. The second-order valence-corrected chi connectivity index (χ2v) is 17.1. The molecule has 0 unspecified atom stereocenters. The van der Waals surface area contributed by atoms with Crippen molar-refractivity contribution >= 4 is 78.6 Å². The van der Waals surface area contributed by atoms with Crippen LogP contribution in [0.4, 0.5) is 11.4 Å². The first kappa shape index (κ1) is 40.0. The summed E-state index contributed by atoms with van der Waals surface area (Å²) in [5, 5.41) is 7.72. The number of fused-ring (bicyclic) bond motifs is 10. The lowest BCUT2D eigenvalue weighted by atomic mass is 10.0. The topological polar surface area (TPSA) is 154 Å². The van der Waals surface area contributed by atoms with E-state index in [1.54, 1.807) is 7.05 Å². The number of likely N-dealkylation sites (N-methyl/N-ethyl adjacent to an activating group) is 1. The molecular formula is C47H54N12O2. The number of nitrogens with one attached hydrogen (secondary N) is 2. The minimum atomic E-state index is -0.160. The van der Waals surface area contributed by atoms with Gasteiger partial charge in [-0.05, 0) is 121 Å². The number of nitrogens with zero attached hydrogens (tertiary/aromatic N) is 9. The van der Waals surface area contributed by atoms with Crippen LogP contribution in [0.2, 0.25) is 0 Å².